The summed E-state index contributed by atoms with van der Waals surface area (Å²) in [6.07, 6.45) is 6.15. The van der Waals surface area contributed by atoms with Crippen molar-refractivity contribution in [3.63, 3.8) is 0 Å². The van der Waals surface area contributed by atoms with E-state index in [0.717, 1.165) is 0 Å². The van der Waals surface area contributed by atoms with E-state index < -0.39 is 0 Å². The van der Waals surface area contributed by atoms with Crippen LogP contribution >= 0.6 is 0 Å². The zero-order valence-electron chi connectivity index (χ0n) is 11.2. The third-order valence-electron chi connectivity index (χ3n) is 3.26. The lowest BCUT2D eigenvalue weighted by molar-refractivity contribution is 0.344. The van der Waals surface area contributed by atoms with Gasteiger partial charge in [-0.05, 0) is 30.6 Å². The molecule has 0 saturated carbocycles. The summed E-state index contributed by atoms with van der Waals surface area (Å²) < 4.78 is 0. The smallest absolute Gasteiger partial charge is 0.0175 e. The molecule has 0 N–H and O–H groups in total. The summed E-state index contributed by atoms with van der Waals surface area (Å²) in [6.45, 7) is 16.1. The van der Waals surface area contributed by atoms with Crippen molar-refractivity contribution in [2.24, 2.45) is 10.8 Å². The van der Waals surface area contributed by atoms with Crippen molar-refractivity contribution in [2.75, 3.05) is 0 Å². The molecule has 0 spiro atoms. The lowest BCUT2D eigenvalue weighted by Crippen LogP contribution is -2.12. The molecule has 0 saturated heterocycles. The maximum absolute atomic E-state index is 2.45. The normalized spacial score (nSPS) is 14.6. The first kappa shape index (κ1) is 13.7. The third-order valence-corrected chi connectivity index (χ3v) is 3.26. The average molecular weight is 196 g/mol. The van der Waals surface area contributed by atoms with Crippen molar-refractivity contribution < 1.29 is 0 Å². The van der Waals surface area contributed by atoms with Crippen LogP contribution in [0, 0.1) is 10.8 Å². The fourth-order valence-electron chi connectivity index (χ4n) is 1.70. The van der Waals surface area contributed by atoms with Crippen LogP contribution in [-0.4, -0.2) is 0 Å². The van der Waals surface area contributed by atoms with Crippen LogP contribution in [0.2, 0.25) is 0 Å². The van der Waals surface area contributed by atoms with Gasteiger partial charge in [0.2, 0.25) is 0 Å². The van der Waals surface area contributed by atoms with Gasteiger partial charge in [-0.3, -0.25) is 0 Å². The van der Waals surface area contributed by atoms with Gasteiger partial charge < -0.3 is 0 Å². The standard InChI is InChI=1S/C14H28/c1-8-13(4,5)10-12(3)11-14(6,7)9-2/h10H,8-9,11H2,1-7H3/b12-10+. The van der Waals surface area contributed by atoms with Crippen LogP contribution in [0.25, 0.3) is 0 Å². The molecule has 84 valence electrons. The van der Waals surface area contributed by atoms with Crippen LogP contribution in [0.3, 0.4) is 0 Å². The van der Waals surface area contributed by atoms with Crippen molar-refractivity contribution in [1.29, 1.82) is 0 Å². The Labute approximate surface area is 90.8 Å². The molecule has 14 heavy (non-hydrogen) atoms. The van der Waals surface area contributed by atoms with Gasteiger partial charge in [0.25, 0.3) is 0 Å². The Bertz CT molecular complexity index is 194. The molecule has 0 aromatic heterocycles. The Hall–Kier alpha value is -0.260. The molecule has 0 fully saturated rings. The zero-order valence-corrected chi connectivity index (χ0v) is 11.2. The largest absolute Gasteiger partial charge is 0.0799 e. The van der Waals surface area contributed by atoms with E-state index in [9.17, 15) is 0 Å². The molecule has 0 amide bonds. The average Bonchev–Trinajstić information content (AvgIpc) is 2.02. The van der Waals surface area contributed by atoms with E-state index in [2.05, 4.69) is 54.5 Å². The van der Waals surface area contributed by atoms with Gasteiger partial charge >= 0.3 is 0 Å². The molecule has 0 atom stereocenters. The van der Waals surface area contributed by atoms with Crippen LogP contribution in [-0.2, 0) is 0 Å². The van der Waals surface area contributed by atoms with E-state index in [1.54, 1.807) is 5.57 Å². The zero-order chi connectivity index (χ0) is 11.4. The molecule has 0 unspecified atom stereocenters. The summed E-state index contributed by atoms with van der Waals surface area (Å²) >= 11 is 0. The van der Waals surface area contributed by atoms with Gasteiger partial charge in [-0.2, -0.15) is 0 Å². The molecule has 0 heteroatoms. The highest BCUT2D eigenvalue weighted by atomic mass is 14.2. The minimum atomic E-state index is 0.369. The molecule has 0 aliphatic carbocycles. The lowest BCUT2D eigenvalue weighted by atomic mass is 9.80. The van der Waals surface area contributed by atoms with Crippen molar-refractivity contribution in [2.45, 2.75) is 67.7 Å². The molecule has 0 nitrogen and oxygen atoms in total. The molecule has 0 bridgehead atoms. The van der Waals surface area contributed by atoms with Crippen LogP contribution in [0.15, 0.2) is 11.6 Å². The maximum Gasteiger partial charge on any atom is -0.0175 e. The van der Waals surface area contributed by atoms with E-state index >= 15 is 0 Å². The Balaban J connectivity index is 4.41. The first-order chi connectivity index (χ1) is 6.22. The Kier molecular flexibility index (Phi) is 4.91. The molecule has 0 heterocycles. The van der Waals surface area contributed by atoms with E-state index in [1.807, 2.05) is 0 Å². The number of hydrogen-bond acceptors (Lipinski definition) is 0. The van der Waals surface area contributed by atoms with Gasteiger partial charge in [-0.15, -0.1) is 0 Å². The predicted octanol–water partition coefficient (Wildman–Crippen LogP) is 5.20. The van der Waals surface area contributed by atoms with Crippen molar-refractivity contribution >= 4 is 0 Å². The van der Waals surface area contributed by atoms with Crippen molar-refractivity contribution in [3.8, 4) is 0 Å². The van der Waals surface area contributed by atoms with Crippen LogP contribution in [0.4, 0.5) is 0 Å². The monoisotopic (exact) mass is 196 g/mol. The van der Waals surface area contributed by atoms with Crippen LogP contribution < -0.4 is 0 Å². The Morgan fingerprint density at radius 2 is 1.50 bits per heavy atom. The SMILES string of the molecule is CCC(C)(C)/C=C(\C)CC(C)(C)CC. The summed E-state index contributed by atoms with van der Waals surface area (Å²) in [5.41, 5.74) is 2.38. The number of rotatable bonds is 5. The molecule has 0 rings (SSSR count). The fourth-order valence-corrected chi connectivity index (χ4v) is 1.70. The third kappa shape index (κ3) is 5.47. The van der Waals surface area contributed by atoms with E-state index in [1.165, 1.54) is 19.3 Å². The Morgan fingerprint density at radius 3 is 1.86 bits per heavy atom. The summed E-state index contributed by atoms with van der Waals surface area (Å²) in [4.78, 5) is 0. The quantitative estimate of drug-likeness (QED) is 0.530. The predicted molar refractivity (Wildman–Crippen MR) is 66.5 cm³/mol. The van der Waals surface area contributed by atoms with E-state index in [0.29, 0.717) is 10.8 Å². The van der Waals surface area contributed by atoms with Gasteiger partial charge in [-0.1, -0.05) is 59.6 Å². The van der Waals surface area contributed by atoms with Gasteiger partial charge in [0.05, 0.1) is 0 Å². The highest BCUT2D eigenvalue weighted by Crippen LogP contribution is 2.31. The van der Waals surface area contributed by atoms with Crippen LogP contribution in [0.1, 0.15) is 67.7 Å². The Morgan fingerprint density at radius 1 is 1.00 bits per heavy atom. The first-order valence-corrected chi connectivity index (χ1v) is 5.91. The summed E-state index contributed by atoms with van der Waals surface area (Å²) in [6, 6.07) is 0. The van der Waals surface area contributed by atoms with Gasteiger partial charge in [0.15, 0.2) is 0 Å². The summed E-state index contributed by atoms with van der Waals surface area (Å²) in [7, 11) is 0. The molecular formula is C14H28. The molecule has 0 aromatic carbocycles. The molecule has 0 aliphatic heterocycles. The van der Waals surface area contributed by atoms with Gasteiger partial charge in [0, 0.05) is 0 Å². The number of hydrogen-bond donors (Lipinski definition) is 0. The summed E-state index contributed by atoms with van der Waals surface area (Å²) in [5, 5.41) is 0. The fraction of sp³-hybridized carbons (Fsp3) is 0.857. The number of allylic oxidation sites excluding steroid dienone is 2. The second-order valence-corrected chi connectivity index (χ2v) is 6.03. The first-order valence-electron chi connectivity index (χ1n) is 5.91. The second kappa shape index (κ2) is 5.00. The van der Waals surface area contributed by atoms with Gasteiger partial charge in [-0.25, -0.2) is 0 Å². The topological polar surface area (TPSA) is 0 Å². The minimum Gasteiger partial charge on any atom is -0.0799 e. The summed E-state index contributed by atoms with van der Waals surface area (Å²) in [5.74, 6) is 0. The molecular weight excluding hydrogens is 168 g/mol. The molecule has 0 aliphatic rings. The molecule has 0 radical (unpaired) electrons. The van der Waals surface area contributed by atoms with Crippen molar-refractivity contribution in [1.82, 2.24) is 0 Å². The second-order valence-electron chi connectivity index (χ2n) is 6.03. The van der Waals surface area contributed by atoms with Gasteiger partial charge in [0.1, 0.15) is 0 Å². The minimum absolute atomic E-state index is 0.369. The van der Waals surface area contributed by atoms with E-state index in [-0.39, 0.29) is 0 Å². The van der Waals surface area contributed by atoms with E-state index in [4.69, 9.17) is 0 Å². The van der Waals surface area contributed by atoms with Crippen molar-refractivity contribution in [3.05, 3.63) is 11.6 Å². The highest BCUT2D eigenvalue weighted by Gasteiger charge is 2.17. The highest BCUT2D eigenvalue weighted by molar-refractivity contribution is 5.06. The maximum atomic E-state index is 2.45. The van der Waals surface area contributed by atoms with Crippen LogP contribution in [0.5, 0.6) is 0 Å². The molecule has 0 aromatic rings. The lowest BCUT2D eigenvalue weighted by Gasteiger charge is -2.25.